The molecule has 0 saturated heterocycles. The Hall–Kier alpha value is -2.45. The van der Waals surface area contributed by atoms with Crippen LogP contribution in [0.5, 0.6) is 11.5 Å². The fourth-order valence-electron chi connectivity index (χ4n) is 1.69. The summed E-state index contributed by atoms with van der Waals surface area (Å²) in [5, 5.41) is 0. The van der Waals surface area contributed by atoms with Crippen molar-refractivity contribution in [2.24, 2.45) is 0 Å². The molecule has 0 radical (unpaired) electrons. The largest absolute Gasteiger partial charge is 0.748 e. The molecule has 150 valence electrons. The van der Waals surface area contributed by atoms with Gasteiger partial charge in [-0.1, -0.05) is 12.8 Å². The van der Waals surface area contributed by atoms with E-state index in [-0.39, 0.29) is 12.0 Å². The fourth-order valence-corrected chi connectivity index (χ4v) is 1.98. The number of ether oxygens (including phenoxy) is 3. The predicted octanol–water partition coefficient (Wildman–Crippen LogP) is 2.47. The average Bonchev–Trinajstić information content (AvgIpc) is 2.53. The molecule has 7 nitrogen and oxygen atoms in total. The van der Waals surface area contributed by atoms with Gasteiger partial charge in [0.25, 0.3) is 0 Å². The Kier molecular flexibility index (Phi) is 7.11. The molecule has 1 unspecified atom stereocenters. The lowest BCUT2D eigenvalue weighted by Crippen LogP contribution is -2.30. The summed E-state index contributed by atoms with van der Waals surface area (Å²) in [6, 6.07) is 2.71. The molecule has 1 atom stereocenters. The molecule has 11 heteroatoms. The number of esters is 1. The number of rotatable bonds is 8. The fraction of sp³-hybridized carbons (Fsp3) is 0.438. The third-order valence-electron chi connectivity index (χ3n) is 3.29. The Morgan fingerprint density at radius 3 is 2.37 bits per heavy atom. The van der Waals surface area contributed by atoms with Gasteiger partial charge in [0.2, 0.25) is 0 Å². The molecule has 0 aliphatic heterocycles. The predicted molar refractivity (Wildman–Crippen MR) is 86.1 cm³/mol. The third kappa shape index (κ3) is 7.76. The number of hydrogen-bond donors (Lipinski definition) is 0. The number of carbonyl (C=O) groups excluding carboxylic acids is 1. The quantitative estimate of drug-likeness (QED) is 0.369. The molecule has 1 aromatic carbocycles. The Morgan fingerprint density at radius 2 is 1.89 bits per heavy atom. The van der Waals surface area contributed by atoms with E-state index in [2.05, 4.69) is 15.4 Å². The molecule has 27 heavy (non-hydrogen) atoms. The molecule has 0 heterocycles. The highest BCUT2D eigenvalue weighted by Gasteiger charge is 2.34. The maximum atomic E-state index is 12.6. The van der Waals surface area contributed by atoms with Gasteiger partial charge in [-0.3, -0.25) is 0 Å². The Bertz CT molecular complexity index is 827. The monoisotopic (exact) mass is 409 g/mol. The van der Waals surface area contributed by atoms with Gasteiger partial charge in [-0.2, -0.15) is 0 Å². The molecule has 0 amide bonds. The highest BCUT2D eigenvalue weighted by Crippen LogP contribution is 2.36. The van der Waals surface area contributed by atoms with Crippen molar-refractivity contribution in [3.63, 3.8) is 0 Å². The summed E-state index contributed by atoms with van der Waals surface area (Å²) >= 11 is 0. The van der Waals surface area contributed by atoms with Crippen LogP contribution in [0.3, 0.4) is 0 Å². The highest BCUT2D eigenvalue weighted by atomic mass is 32.2. The van der Waals surface area contributed by atoms with Crippen molar-refractivity contribution in [2.75, 3.05) is 12.4 Å². The molecular weight excluding hydrogens is 393 g/mol. The lowest BCUT2D eigenvalue weighted by atomic mass is 10.0. The zero-order valence-corrected chi connectivity index (χ0v) is 15.1. The van der Waals surface area contributed by atoms with Crippen molar-refractivity contribution in [3.05, 3.63) is 23.8 Å². The average molecular weight is 409 g/mol. The lowest BCUT2D eigenvalue weighted by Gasteiger charge is -2.25. The number of hydrogen-bond acceptors (Lipinski definition) is 7. The van der Waals surface area contributed by atoms with Gasteiger partial charge in [0.1, 0.15) is 6.61 Å². The van der Waals surface area contributed by atoms with Gasteiger partial charge in [-0.25, -0.2) is 13.2 Å². The first kappa shape index (κ1) is 22.6. The van der Waals surface area contributed by atoms with E-state index in [1.165, 1.54) is 6.92 Å². The van der Waals surface area contributed by atoms with Crippen LogP contribution in [-0.4, -0.2) is 43.3 Å². The lowest BCUT2D eigenvalue weighted by molar-refractivity contribution is -0.275. The van der Waals surface area contributed by atoms with Crippen LogP contribution >= 0.6 is 0 Å². The maximum absolute atomic E-state index is 12.6. The first-order valence-corrected chi connectivity index (χ1v) is 9.03. The second kappa shape index (κ2) is 8.49. The SMILES string of the molecule is C#CC(C)(CC)Oc1cc(C(=O)OCCS(=O)(=O)[O-])ccc1OC(F)(F)F. The summed E-state index contributed by atoms with van der Waals surface area (Å²) in [4.78, 5) is 11.9. The van der Waals surface area contributed by atoms with E-state index in [1.807, 2.05) is 0 Å². The first-order chi connectivity index (χ1) is 12.3. The minimum Gasteiger partial charge on any atom is -0.748 e. The van der Waals surface area contributed by atoms with Gasteiger partial charge in [0.15, 0.2) is 17.1 Å². The number of benzene rings is 1. The van der Waals surface area contributed by atoms with Crippen LogP contribution in [0.15, 0.2) is 18.2 Å². The van der Waals surface area contributed by atoms with Crippen LogP contribution in [-0.2, 0) is 14.9 Å². The molecular formula is C16H16F3O7S-. The Balaban J connectivity index is 3.13. The molecule has 0 aliphatic rings. The van der Waals surface area contributed by atoms with Crippen LogP contribution < -0.4 is 9.47 Å². The van der Waals surface area contributed by atoms with Crippen LogP contribution in [0.1, 0.15) is 30.6 Å². The summed E-state index contributed by atoms with van der Waals surface area (Å²) in [6.07, 6.45) is 0.559. The Morgan fingerprint density at radius 1 is 1.26 bits per heavy atom. The summed E-state index contributed by atoms with van der Waals surface area (Å²) in [5.41, 5.74) is -1.53. The molecule has 0 saturated carbocycles. The second-order valence-electron chi connectivity index (χ2n) is 5.44. The second-order valence-corrected chi connectivity index (χ2v) is 6.96. The molecule has 0 fully saturated rings. The molecule has 0 N–H and O–H groups in total. The number of terminal acetylenes is 1. The Labute approximate surface area is 154 Å². The van der Waals surface area contributed by atoms with E-state index in [0.717, 1.165) is 18.2 Å². The van der Waals surface area contributed by atoms with Crippen molar-refractivity contribution in [1.82, 2.24) is 0 Å². The zero-order chi connectivity index (χ0) is 20.9. The van der Waals surface area contributed by atoms with Crippen LogP contribution in [0.25, 0.3) is 0 Å². The smallest absolute Gasteiger partial charge is 0.573 e. The molecule has 1 aromatic rings. The normalized spacial score (nSPS) is 14.0. The standard InChI is InChI=1S/C16H17F3O7S/c1-4-15(3,5-2)25-13-10-11(6-7-12(13)26-16(17,18)19)14(20)24-8-9-27(21,22)23/h1,6-7,10H,5,8-9H2,2-3H3,(H,21,22,23)/p-1. The van der Waals surface area contributed by atoms with Gasteiger partial charge >= 0.3 is 12.3 Å². The molecule has 0 bridgehead atoms. The summed E-state index contributed by atoms with van der Waals surface area (Å²) < 4.78 is 83.0. The molecule has 0 aliphatic carbocycles. The summed E-state index contributed by atoms with van der Waals surface area (Å²) in [6.45, 7) is 2.39. The minimum atomic E-state index is -5.01. The molecule has 1 rings (SSSR count). The maximum Gasteiger partial charge on any atom is 0.573 e. The minimum absolute atomic E-state index is 0.241. The van der Waals surface area contributed by atoms with Crippen molar-refractivity contribution in [1.29, 1.82) is 0 Å². The van der Waals surface area contributed by atoms with E-state index >= 15 is 0 Å². The summed E-state index contributed by atoms with van der Waals surface area (Å²) in [7, 11) is -4.59. The van der Waals surface area contributed by atoms with E-state index in [1.54, 1.807) is 6.92 Å². The number of carbonyl (C=O) groups is 1. The van der Waals surface area contributed by atoms with Gasteiger partial charge in [0.05, 0.1) is 21.4 Å². The molecule has 0 spiro atoms. The van der Waals surface area contributed by atoms with E-state index < -0.39 is 51.9 Å². The van der Waals surface area contributed by atoms with Gasteiger partial charge in [-0.15, -0.1) is 19.6 Å². The van der Waals surface area contributed by atoms with Crippen LogP contribution in [0.4, 0.5) is 13.2 Å². The number of halogens is 3. The summed E-state index contributed by atoms with van der Waals surface area (Å²) in [5.74, 6) is -0.905. The van der Waals surface area contributed by atoms with Crippen molar-refractivity contribution in [2.45, 2.75) is 32.2 Å². The van der Waals surface area contributed by atoms with Crippen LogP contribution in [0, 0.1) is 12.3 Å². The highest BCUT2D eigenvalue weighted by molar-refractivity contribution is 7.85. The first-order valence-electron chi connectivity index (χ1n) is 7.46. The van der Waals surface area contributed by atoms with Gasteiger partial charge in [-0.05, 0) is 31.5 Å². The van der Waals surface area contributed by atoms with Crippen molar-refractivity contribution in [3.8, 4) is 23.8 Å². The van der Waals surface area contributed by atoms with E-state index in [0.29, 0.717) is 0 Å². The molecule has 0 aromatic heterocycles. The van der Waals surface area contributed by atoms with Gasteiger partial charge < -0.3 is 18.8 Å². The van der Waals surface area contributed by atoms with E-state index in [4.69, 9.17) is 11.2 Å². The van der Waals surface area contributed by atoms with E-state index in [9.17, 15) is 30.9 Å². The third-order valence-corrected chi connectivity index (χ3v) is 3.95. The van der Waals surface area contributed by atoms with Crippen LogP contribution in [0.2, 0.25) is 0 Å². The topological polar surface area (TPSA) is 102 Å². The number of alkyl halides is 3. The zero-order valence-electron chi connectivity index (χ0n) is 14.3. The van der Waals surface area contributed by atoms with Gasteiger partial charge in [0, 0.05) is 0 Å². The van der Waals surface area contributed by atoms with Crippen molar-refractivity contribution < 1.29 is 45.1 Å². The van der Waals surface area contributed by atoms with Crippen molar-refractivity contribution >= 4 is 16.1 Å².